The van der Waals surface area contributed by atoms with Gasteiger partial charge < -0.3 is 19.5 Å². The maximum Gasteiger partial charge on any atom is 0.133 e. The highest BCUT2D eigenvalue weighted by molar-refractivity contribution is 6.30. The number of aliphatic imine (C=N–C) groups is 1. The molecule has 0 amide bonds. The Labute approximate surface area is 158 Å². The van der Waals surface area contributed by atoms with Crippen molar-refractivity contribution in [2.75, 3.05) is 40.0 Å². The fourth-order valence-electron chi connectivity index (χ4n) is 3.17. The van der Waals surface area contributed by atoms with Gasteiger partial charge in [-0.3, -0.25) is 4.99 Å². The zero-order chi connectivity index (χ0) is 18.4. The largest absolute Gasteiger partial charge is 0.507 e. The Bertz CT molecular complexity index is 743. The molecule has 0 spiro atoms. The summed E-state index contributed by atoms with van der Waals surface area (Å²) in [7, 11) is 1.67. The van der Waals surface area contributed by atoms with Crippen LogP contribution < -0.4 is 9.64 Å². The summed E-state index contributed by atoms with van der Waals surface area (Å²) in [6.07, 6.45) is 1.69. The molecule has 1 fully saturated rings. The number of quaternary nitrogens is 1. The van der Waals surface area contributed by atoms with Crippen molar-refractivity contribution in [3.63, 3.8) is 0 Å². The van der Waals surface area contributed by atoms with Crippen LogP contribution in [-0.4, -0.2) is 51.3 Å². The maximum atomic E-state index is 9.94. The van der Waals surface area contributed by atoms with Crippen LogP contribution in [0.5, 0.6) is 11.5 Å². The van der Waals surface area contributed by atoms with Crippen molar-refractivity contribution in [2.45, 2.75) is 6.04 Å². The Kier molecular flexibility index (Phi) is 6.50. The van der Waals surface area contributed by atoms with E-state index in [1.807, 2.05) is 12.1 Å². The SMILES string of the molecule is COc1ccc([C@@H](CN=Cc2cc(Cl)ccc2O)[NH+]2CCOCC2)cc1. The van der Waals surface area contributed by atoms with E-state index in [0.29, 0.717) is 17.1 Å². The van der Waals surface area contributed by atoms with Crippen LogP contribution >= 0.6 is 11.6 Å². The number of methoxy groups -OCH3 is 1. The highest BCUT2D eigenvalue weighted by atomic mass is 35.5. The molecule has 5 nitrogen and oxygen atoms in total. The summed E-state index contributed by atoms with van der Waals surface area (Å²) < 4.78 is 10.8. The molecule has 138 valence electrons. The summed E-state index contributed by atoms with van der Waals surface area (Å²) in [5, 5.41) is 10.5. The number of aromatic hydroxyl groups is 1. The lowest BCUT2D eigenvalue weighted by molar-refractivity contribution is -0.937. The third-order valence-electron chi connectivity index (χ3n) is 4.65. The van der Waals surface area contributed by atoms with Gasteiger partial charge in [0, 0.05) is 22.4 Å². The van der Waals surface area contributed by atoms with Gasteiger partial charge in [-0.15, -0.1) is 0 Å². The molecule has 0 bridgehead atoms. The number of halogens is 1. The molecule has 0 radical (unpaired) electrons. The number of morpholine rings is 1. The molecule has 1 heterocycles. The van der Waals surface area contributed by atoms with E-state index in [1.54, 1.807) is 31.5 Å². The maximum absolute atomic E-state index is 9.94. The van der Waals surface area contributed by atoms with Gasteiger partial charge in [0.1, 0.15) is 30.6 Å². The summed E-state index contributed by atoms with van der Waals surface area (Å²) in [4.78, 5) is 6.05. The summed E-state index contributed by atoms with van der Waals surface area (Å²) in [5.74, 6) is 1.02. The molecule has 1 atom stereocenters. The monoisotopic (exact) mass is 375 g/mol. The van der Waals surface area contributed by atoms with E-state index in [4.69, 9.17) is 21.1 Å². The van der Waals surface area contributed by atoms with Crippen molar-refractivity contribution >= 4 is 17.8 Å². The lowest BCUT2D eigenvalue weighted by Gasteiger charge is -2.31. The van der Waals surface area contributed by atoms with Crippen molar-refractivity contribution in [1.29, 1.82) is 0 Å². The van der Waals surface area contributed by atoms with E-state index >= 15 is 0 Å². The van der Waals surface area contributed by atoms with Gasteiger partial charge in [-0.2, -0.15) is 0 Å². The number of phenolic OH excluding ortho intramolecular Hbond substituents is 1. The highest BCUT2D eigenvalue weighted by Crippen LogP contribution is 2.20. The van der Waals surface area contributed by atoms with Crippen molar-refractivity contribution in [3.8, 4) is 11.5 Å². The number of benzene rings is 2. The fraction of sp³-hybridized carbons (Fsp3) is 0.350. The first-order valence-electron chi connectivity index (χ1n) is 8.72. The molecule has 0 aromatic heterocycles. The first-order chi connectivity index (χ1) is 12.7. The van der Waals surface area contributed by atoms with Crippen LogP contribution in [0.1, 0.15) is 17.2 Å². The van der Waals surface area contributed by atoms with Crippen LogP contribution in [0.25, 0.3) is 0 Å². The van der Waals surface area contributed by atoms with E-state index in [2.05, 4.69) is 17.1 Å². The molecule has 0 aliphatic carbocycles. The van der Waals surface area contributed by atoms with Gasteiger partial charge in [-0.25, -0.2) is 0 Å². The summed E-state index contributed by atoms with van der Waals surface area (Å²) in [6, 6.07) is 13.3. The van der Waals surface area contributed by atoms with Crippen molar-refractivity contribution < 1.29 is 19.5 Å². The average molecular weight is 376 g/mol. The molecule has 1 aliphatic rings. The molecule has 0 saturated carbocycles. The van der Waals surface area contributed by atoms with Crippen LogP contribution in [0, 0.1) is 0 Å². The zero-order valence-electron chi connectivity index (χ0n) is 14.8. The first kappa shape index (κ1) is 18.7. The molecule has 26 heavy (non-hydrogen) atoms. The third-order valence-corrected chi connectivity index (χ3v) is 4.89. The van der Waals surface area contributed by atoms with E-state index in [-0.39, 0.29) is 11.8 Å². The molecule has 3 rings (SSSR count). The van der Waals surface area contributed by atoms with Crippen molar-refractivity contribution in [1.82, 2.24) is 0 Å². The Morgan fingerprint density at radius 3 is 2.65 bits per heavy atom. The van der Waals surface area contributed by atoms with Crippen LogP contribution in [-0.2, 0) is 4.74 Å². The van der Waals surface area contributed by atoms with E-state index in [9.17, 15) is 5.11 Å². The van der Waals surface area contributed by atoms with Crippen LogP contribution in [0.2, 0.25) is 5.02 Å². The first-order valence-corrected chi connectivity index (χ1v) is 9.10. The minimum absolute atomic E-state index is 0.179. The fourth-order valence-corrected chi connectivity index (χ4v) is 3.35. The lowest BCUT2D eigenvalue weighted by Crippen LogP contribution is -3.14. The summed E-state index contributed by atoms with van der Waals surface area (Å²) in [6.45, 7) is 4.05. The second-order valence-corrected chi connectivity index (χ2v) is 6.73. The van der Waals surface area contributed by atoms with Crippen molar-refractivity contribution in [3.05, 3.63) is 58.6 Å². The Hall–Kier alpha value is -2.08. The number of hydrogen-bond donors (Lipinski definition) is 2. The lowest BCUT2D eigenvalue weighted by atomic mass is 10.0. The number of phenols is 1. The Morgan fingerprint density at radius 2 is 1.96 bits per heavy atom. The molecule has 1 aliphatic heterocycles. The molecule has 2 N–H and O–H groups in total. The normalized spacial score (nSPS) is 16.7. The van der Waals surface area contributed by atoms with Crippen LogP contribution in [0.15, 0.2) is 47.5 Å². The molecule has 2 aromatic carbocycles. The minimum atomic E-state index is 0.179. The minimum Gasteiger partial charge on any atom is -0.507 e. The Morgan fingerprint density at radius 1 is 1.23 bits per heavy atom. The van der Waals surface area contributed by atoms with Gasteiger partial charge in [-0.05, 0) is 42.5 Å². The number of hydrogen-bond acceptors (Lipinski definition) is 4. The van der Waals surface area contributed by atoms with Gasteiger partial charge in [0.2, 0.25) is 0 Å². The topological polar surface area (TPSA) is 55.5 Å². The second-order valence-electron chi connectivity index (χ2n) is 6.29. The number of rotatable bonds is 6. The van der Waals surface area contributed by atoms with Crippen molar-refractivity contribution in [2.24, 2.45) is 4.99 Å². The smallest absolute Gasteiger partial charge is 0.133 e. The molecule has 0 unspecified atom stereocenters. The van der Waals surface area contributed by atoms with Crippen LogP contribution in [0.3, 0.4) is 0 Å². The summed E-state index contributed by atoms with van der Waals surface area (Å²) in [5.41, 5.74) is 1.85. The summed E-state index contributed by atoms with van der Waals surface area (Å²) >= 11 is 6.00. The number of ether oxygens (including phenoxy) is 2. The third kappa shape index (κ3) is 4.75. The number of nitrogens with one attached hydrogen (secondary N) is 1. The van der Waals surface area contributed by atoms with Gasteiger partial charge in [0.05, 0.1) is 26.9 Å². The quantitative estimate of drug-likeness (QED) is 0.760. The zero-order valence-corrected chi connectivity index (χ0v) is 15.6. The average Bonchev–Trinajstić information content (AvgIpc) is 2.69. The van der Waals surface area contributed by atoms with Gasteiger partial charge in [-0.1, -0.05) is 11.6 Å². The molecular formula is C20H24ClN2O3+. The standard InChI is InChI=1S/C20H23ClN2O3/c1-25-18-5-2-15(3-6-18)19(23-8-10-26-11-9-23)14-22-13-16-12-17(21)4-7-20(16)24/h2-7,12-13,19,24H,8-11,14H2,1H3/p+1/t19-/m1/s1. The second kappa shape index (κ2) is 9.03. The predicted molar refractivity (Wildman–Crippen MR) is 103 cm³/mol. The molecule has 1 saturated heterocycles. The van der Waals surface area contributed by atoms with E-state index < -0.39 is 0 Å². The molecule has 6 heteroatoms. The van der Waals surface area contributed by atoms with E-state index in [0.717, 1.165) is 32.1 Å². The number of nitrogens with zero attached hydrogens (tertiary/aromatic N) is 1. The molecule has 2 aromatic rings. The highest BCUT2D eigenvalue weighted by Gasteiger charge is 2.26. The van der Waals surface area contributed by atoms with E-state index in [1.165, 1.54) is 10.5 Å². The van der Waals surface area contributed by atoms with Gasteiger partial charge >= 0.3 is 0 Å². The predicted octanol–water partition coefficient (Wildman–Crippen LogP) is 2.13. The van der Waals surface area contributed by atoms with Gasteiger partial charge in [0.25, 0.3) is 0 Å². The Balaban J connectivity index is 1.78. The van der Waals surface area contributed by atoms with Gasteiger partial charge in [0.15, 0.2) is 0 Å². The van der Waals surface area contributed by atoms with Crippen LogP contribution in [0.4, 0.5) is 0 Å². The molecular weight excluding hydrogens is 352 g/mol.